The van der Waals surface area contributed by atoms with E-state index in [2.05, 4.69) is 25.7 Å². The van der Waals surface area contributed by atoms with E-state index in [4.69, 9.17) is 9.84 Å². The van der Waals surface area contributed by atoms with Gasteiger partial charge in [-0.05, 0) is 24.2 Å². The minimum absolute atomic E-state index is 0.119. The first kappa shape index (κ1) is 14.5. The number of rotatable bonds is 6. The quantitative estimate of drug-likeness (QED) is 0.773. The normalized spacial score (nSPS) is 27.6. The van der Waals surface area contributed by atoms with Crippen LogP contribution >= 0.6 is 0 Å². The Morgan fingerprint density at radius 1 is 1.47 bits per heavy atom. The Balaban J connectivity index is 2.65. The maximum absolute atomic E-state index is 10.9. The summed E-state index contributed by atoms with van der Waals surface area (Å²) in [5.74, 6) is -0.195. The molecule has 0 amide bonds. The molecule has 100 valence electrons. The third kappa shape index (κ3) is 4.28. The van der Waals surface area contributed by atoms with Gasteiger partial charge in [0.2, 0.25) is 0 Å². The molecule has 1 aliphatic rings. The number of nitrogens with zero attached hydrogens (tertiary/aromatic N) is 1. The molecule has 4 heteroatoms. The standard InChI is InChI=1S/C13H25NO3/c1-10-7-13(2,3)8-11(10)14(5-6-17-4)9-12(15)16/h10-11H,5-9H2,1-4H3,(H,15,16). The molecule has 2 atom stereocenters. The van der Waals surface area contributed by atoms with Gasteiger partial charge in [-0.15, -0.1) is 0 Å². The van der Waals surface area contributed by atoms with Crippen LogP contribution in [-0.2, 0) is 9.53 Å². The fourth-order valence-electron chi connectivity index (χ4n) is 3.09. The molecule has 1 rings (SSSR count). The van der Waals surface area contributed by atoms with Crippen molar-refractivity contribution in [2.24, 2.45) is 11.3 Å². The predicted octanol–water partition coefficient (Wildman–Crippen LogP) is 1.84. The lowest BCUT2D eigenvalue weighted by Gasteiger charge is -2.30. The van der Waals surface area contributed by atoms with Crippen molar-refractivity contribution >= 4 is 5.97 Å². The van der Waals surface area contributed by atoms with E-state index in [9.17, 15) is 4.79 Å². The summed E-state index contributed by atoms with van der Waals surface area (Å²) in [6.45, 7) is 8.16. The van der Waals surface area contributed by atoms with Crippen LogP contribution in [0.2, 0.25) is 0 Å². The Hall–Kier alpha value is -0.610. The van der Waals surface area contributed by atoms with E-state index in [1.54, 1.807) is 7.11 Å². The van der Waals surface area contributed by atoms with Gasteiger partial charge in [0.1, 0.15) is 0 Å². The minimum Gasteiger partial charge on any atom is -0.480 e. The SMILES string of the molecule is COCCN(CC(=O)O)C1CC(C)(C)CC1C. The van der Waals surface area contributed by atoms with Crippen molar-refractivity contribution in [1.82, 2.24) is 4.90 Å². The molecule has 2 unspecified atom stereocenters. The third-order valence-corrected chi connectivity index (χ3v) is 3.68. The van der Waals surface area contributed by atoms with Gasteiger partial charge in [-0.25, -0.2) is 0 Å². The highest BCUT2D eigenvalue weighted by molar-refractivity contribution is 5.69. The van der Waals surface area contributed by atoms with E-state index in [1.165, 1.54) is 6.42 Å². The van der Waals surface area contributed by atoms with Crippen LogP contribution in [0.1, 0.15) is 33.6 Å². The van der Waals surface area contributed by atoms with Gasteiger partial charge in [0.05, 0.1) is 13.2 Å². The zero-order valence-electron chi connectivity index (χ0n) is 11.4. The van der Waals surface area contributed by atoms with Crippen LogP contribution in [0.15, 0.2) is 0 Å². The number of methoxy groups -OCH3 is 1. The van der Waals surface area contributed by atoms with Crippen LogP contribution in [0.5, 0.6) is 0 Å². The van der Waals surface area contributed by atoms with Crippen molar-refractivity contribution in [2.45, 2.75) is 39.7 Å². The summed E-state index contributed by atoms with van der Waals surface area (Å²) in [4.78, 5) is 13.0. The number of carbonyl (C=O) groups is 1. The fraction of sp³-hybridized carbons (Fsp3) is 0.923. The minimum atomic E-state index is -0.752. The highest BCUT2D eigenvalue weighted by Gasteiger charge is 2.39. The Labute approximate surface area is 104 Å². The van der Waals surface area contributed by atoms with Gasteiger partial charge in [-0.2, -0.15) is 0 Å². The zero-order valence-corrected chi connectivity index (χ0v) is 11.4. The maximum Gasteiger partial charge on any atom is 0.317 e. The monoisotopic (exact) mass is 243 g/mol. The molecule has 1 N–H and O–H groups in total. The summed E-state index contributed by atoms with van der Waals surface area (Å²) in [6.07, 6.45) is 2.24. The summed E-state index contributed by atoms with van der Waals surface area (Å²) in [5, 5.41) is 8.98. The lowest BCUT2D eigenvalue weighted by molar-refractivity contribution is -0.139. The number of hydrogen-bond acceptors (Lipinski definition) is 3. The number of carboxylic acids is 1. The average molecular weight is 243 g/mol. The van der Waals surface area contributed by atoms with Gasteiger partial charge in [-0.1, -0.05) is 20.8 Å². The molecule has 1 aliphatic carbocycles. The van der Waals surface area contributed by atoms with E-state index in [0.717, 1.165) is 6.42 Å². The van der Waals surface area contributed by atoms with Crippen LogP contribution in [0, 0.1) is 11.3 Å². The lowest BCUT2D eigenvalue weighted by atomic mass is 9.91. The van der Waals surface area contributed by atoms with Crippen LogP contribution in [0.3, 0.4) is 0 Å². The first-order valence-corrected chi connectivity index (χ1v) is 6.30. The zero-order chi connectivity index (χ0) is 13.1. The Kier molecular flexibility index (Phi) is 4.95. The second kappa shape index (κ2) is 5.83. The molecule has 1 saturated carbocycles. The van der Waals surface area contributed by atoms with E-state index < -0.39 is 5.97 Å². The topological polar surface area (TPSA) is 49.8 Å². The summed E-state index contributed by atoms with van der Waals surface area (Å²) in [7, 11) is 1.65. The number of aliphatic carboxylic acids is 1. The van der Waals surface area contributed by atoms with Crippen LogP contribution < -0.4 is 0 Å². The maximum atomic E-state index is 10.9. The second-order valence-electron chi connectivity index (χ2n) is 5.97. The Morgan fingerprint density at radius 3 is 2.53 bits per heavy atom. The lowest BCUT2D eigenvalue weighted by Crippen LogP contribution is -2.42. The first-order valence-electron chi connectivity index (χ1n) is 6.30. The molecule has 4 nitrogen and oxygen atoms in total. The van der Waals surface area contributed by atoms with Crippen molar-refractivity contribution in [3.8, 4) is 0 Å². The van der Waals surface area contributed by atoms with Gasteiger partial charge in [0, 0.05) is 19.7 Å². The van der Waals surface area contributed by atoms with E-state index >= 15 is 0 Å². The highest BCUT2D eigenvalue weighted by atomic mass is 16.5. The molecule has 0 bridgehead atoms. The van der Waals surface area contributed by atoms with Crippen LogP contribution in [0.25, 0.3) is 0 Å². The predicted molar refractivity (Wildman–Crippen MR) is 67.1 cm³/mol. The number of carboxylic acid groups (broad SMARTS) is 1. The summed E-state index contributed by atoms with van der Waals surface area (Å²) >= 11 is 0. The molecule has 0 radical (unpaired) electrons. The molecule has 0 aromatic carbocycles. The third-order valence-electron chi connectivity index (χ3n) is 3.68. The molecule has 0 spiro atoms. The molecule has 0 aliphatic heterocycles. The van der Waals surface area contributed by atoms with Gasteiger partial charge in [0.25, 0.3) is 0 Å². The molecular weight excluding hydrogens is 218 g/mol. The van der Waals surface area contributed by atoms with Crippen LogP contribution in [-0.4, -0.2) is 48.8 Å². The van der Waals surface area contributed by atoms with Gasteiger partial charge < -0.3 is 9.84 Å². The molecule has 0 aromatic rings. The van der Waals surface area contributed by atoms with Crippen molar-refractivity contribution in [1.29, 1.82) is 0 Å². The van der Waals surface area contributed by atoms with Gasteiger partial charge in [-0.3, -0.25) is 9.69 Å². The number of ether oxygens (including phenoxy) is 1. The summed E-state index contributed by atoms with van der Waals surface area (Å²) in [5.41, 5.74) is 0.327. The molecule has 17 heavy (non-hydrogen) atoms. The summed E-state index contributed by atoms with van der Waals surface area (Å²) in [6, 6.07) is 0.372. The smallest absolute Gasteiger partial charge is 0.317 e. The molecule has 0 saturated heterocycles. The molecule has 1 fully saturated rings. The fourth-order valence-corrected chi connectivity index (χ4v) is 3.09. The van der Waals surface area contributed by atoms with Gasteiger partial charge >= 0.3 is 5.97 Å². The Morgan fingerprint density at radius 2 is 2.12 bits per heavy atom. The Bertz CT molecular complexity index is 265. The van der Waals surface area contributed by atoms with Crippen molar-refractivity contribution in [3.63, 3.8) is 0 Å². The van der Waals surface area contributed by atoms with E-state index in [-0.39, 0.29) is 6.54 Å². The van der Waals surface area contributed by atoms with E-state index in [1.807, 2.05) is 0 Å². The van der Waals surface area contributed by atoms with E-state index in [0.29, 0.717) is 30.5 Å². The molecule has 0 heterocycles. The van der Waals surface area contributed by atoms with Gasteiger partial charge in [0.15, 0.2) is 0 Å². The largest absolute Gasteiger partial charge is 0.480 e. The molecular formula is C13H25NO3. The average Bonchev–Trinajstić information content (AvgIpc) is 2.46. The van der Waals surface area contributed by atoms with Crippen molar-refractivity contribution < 1.29 is 14.6 Å². The first-order chi connectivity index (χ1) is 7.85. The second-order valence-corrected chi connectivity index (χ2v) is 5.97. The van der Waals surface area contributed by atoms with Crippen molar-refractivity contribution in [3.05, 3.63) is 0 Å². The number of hydrogen-bond donors (Lipinski definition) is 1. The van der Waals surface area contributed by atoms with Crippen LogP contribution in [0.4, 0.5) is 0 Å². The summed E-state index contributed by atoms with van der Waals surface area (Å²) < 4.78 is 5.07. The molecule has 0 aromatic heterocycles. The van der Waals surface area contributed by atoms with Crippen molar-refractivity contribution in [2.75, 3.05) is 26.8 Å². The highest BCUT2D eigenvalue weighted by Crippen LogP contribution is 2.43.